The number of fused-ring (bicyclic) bond motifs is 1. The second kappa shape index (κ2) is 8.51. The molecule has 1 aromatic heterocycles. The summed E-state index contributed by atoms with van der Waals surface area (Å²) in [5.41, 5.74) is 8.38. The molecule has 152 valence electrons. The first-order valence-electron chi connectivity index (χ1n) is 9.70. The molecule has 0 atom stereocenters. The van der Waals surface area contributed by atoms with Crippen LogP contribution in [0.4, 0.5) is 5.69 Å². The molecule has 6 nitrogen and oxygen atoms in total. The molecule has 30 heavy (non-hydrogen) atoms. The molecule has 0 fully saturated rings. The van der Waals surface area contributed by atoms with E-state index in [9.17, 15) is 14.4 Å². The van der Waals surface area contributed by atoms with Crippen molar-refractivity contribution in [2.24, 2.45) is 0 Å². The molecular formula is C23H21N3O3S. The van der Waals surface area contributed by atoms with Crippen LogP contribution < -0.4 is 16.2 Å². The van der Waals surface area contributed by atoms with Gasteiger partial charge in [-0.25, -0.2) is 0 Å². The van der Waals surface area contributed by atoms with Crippen LogP contribution in [0.15, 0.2) is 54.6 Å². The van der Waals surface area contributed by atoms with E-state index in [0.29, 0.717) is 21.7 Å². The van der Waals surface area contributed by atoms with E-state index < -0.39 is 5.91 Å². The summed E-state index contributed by atoms with van der Waals surface area (Å²) in [5.74, 6) is -1.04. The van der Waals surface area contributed by atoms with Gasteiger partial charge in [0.1, 0.15) is 0 Å². The van der Waals surface area contributed by atoms with E-state index in [1.54, 1.807) is 42.5 Å². The Morgan fingerprint density at radius 2 is 1.60 bits per heavy atom. The van der Waals surface area contributed by atoms with E-state index in [1.807, 2.05) is 19.1 Å². The van der Waals surface area contributed by atoms with Gasteiger partial charge in [0.15, 0.2) is 0 Å². The van der Waals surface area contributed by atoms with Crippen LogP contribution in [0.2, 0.25) is 0 Å². The minimum atomic E-state index is -0.456. The third-order valence-electron chi connectivity index (χ3n) is 5.04. The van der Waals surface area contributed by atoms with E-state index in [0.717, 1.165) is 24.8 Å². The lowest BCUT2D eigenvalue weighted by Gasteiger charge is -2.11. The molecule has 3 N–H and O–H groups in total. The van der Waals surface area contributed by atoms with Crippen LogP contribution in [-0.2, 0) is 12.8 Å². The maximum atomic E-state index is 12.5. The molecule has 0 saturated carbocycles. The number of benzene rings is 2. The number of carbonyl (C=O) groups excluding carboxylic acids is 3. The van der Waals surface area contributed by atoms with E-state index in [-0.39, 0.29) is 11.8 Å². The molecule has 0 saturated heterocycles. The smallest absolute Gasteiger partial charge is 0.279 e. The summed E-state index contributed by atoms with van der Waals surface area (Å²) in [6.07, 6.45) is 3.16. The van der Waals surface area contributed by atoms with Crippen molar-refractivity contribution in [3.8, 4) is 0 Å². The van der Waals surface area contributed by atoms with Crippen LogP contribution in [0.1, 0.15) is 52.8 Å². The van der Waals surface area contributed by atoms with Gasteiger partial charge in [0, 0.05) is 21.7 Å². The molecule has 0 aliphatic heterocycles. The van der Waals surface area contributed by atoms with Crippen LogP contribution in [0.25, 0.3) is 0 Å². The van der Waals surface area contributed by atoms with Crippen molar-refractivity contribution in [3.05, 3.63) is 86.6 Å². The zero-order chi connectivity index (χ0) is 21.1. The summed E-state index contributed by atoms with van der Waals surface area (Å²) in [4.78, 5) is 39.1. The Kier molecular flexibility index (Phi) is 5.63. The Morgan fingerprint density at radius 1 is 0.833 bits per heavy atom. The SMILES string of the molecule is Cc1ccc(C(=O)NNC(=O)c2cc3c(s2)CCC3)cc1NC(=O)c1ccccc1. The average Bonchev–Trinajstić information content (AvgIpc) is 3.36. The van der Waals surface area contributed by atoms with Crippen LogP contribution in [-0.4, -0.2) is 17.7 Å². The van der Waals surface area contributed by atoms with Gasteiger partial charge >= 0.3 is 0 Å². The van der Waals surface area contributed by atoms with Gasteiger partial charge < -0.3 is 5.32 Å². The molecule has 7 heteroatoms. The highest BCUT2D eigenvalue weighted by Crippen LogP contribution is 2.30. The molecule has 2 aromatic carbocycles. The number of hydrogen-bond donors (Lipinski definition) is 3. The van der Waals surface area contributed by atoms with Crippen molar-refractivity contribution >= 4 is 34.7 Å². The second-order valence-electron chi connectivity index (χ2n) is 7.17. The monoisotopic (exact) mass is 419 g/mol. The number of thiophene rings is 1. The minimum absolute atomic E-state index is 0.254. The number of carbonyl (C=O) groups is 3. The van der Waals surface area contributed by atoms with Crippen LogP contribution in [0, 0.1) is 6.92 Å². The highest BCUT2D eigenvalue weighted by Gasteiger charge is 2.19. The number of anilines is 1. The van der Waals surface area contributed by atoms with E-state index in [2.05, 4.69) is 16.2 Å². The lowest BCUT2D eigenvalue weighted by molar-refractivity contribution is 0.0849. The molecule has 0 radical (unpaired) electrons. The number of aryl methyl sites for hydroxylation is 3. The summed E-state index contributed by atoms with van der Waals surface area (Å²) < 4.78 is 0. The first kappa shape index (κ1) is 19.8. The van der Waals surface area contributed by atoms with Gasteiger partial charge in [0.05, 0.1) is 4.88 Å². The van der Waals surface area contributed by atoms with E-state index in [4.69, 9.17) is 0 Å². The minimum Gasteiger partial charge on any atom is -0.322 e. The summed E-state index contributed by atoms with van der Waals surface area (Å²) >= 11 is 1.48. The van der Waals surface area contributed by atoms with Gasteiger partial charge in [0.2, 0.25) is 0 Å². The van der Waals surface area contributed by atoms with Crippen molar-refractivity contribution in [3.63, 3.8) is 0 Å². The Morgan fingerprint density at radius 3 is 2.37 bits per heavy atom. The summed E-state index contributed by atoms with van der Waals surface area (Å²) in [6.45, 7) is 1.85. The van der Waals surface area contributed by atoms with Gasteiger partial charge in [-0.1, -0.05) is 24.3 Å². The number of hydrazine groups is 1. The maximum Gasteiger partial charge on any atom is 0.279 e. The van der Waals surface area contributed by atoms with Crippen LogP contribution in [0.5, 0.6) is 0 Å². The van der Waals surface area contributed by atoms with Crippen molar-refractivity contribution < 1.29 is 14.4 Å². The van der Waals surface area contributed by atoms with Crippen molar-refractivity contribution in [2.45, 2.75) is 26.2 Å². The third kappa shape index (κ3) is 4.26. The molecule has 3 aromatic rings. The Labute approximate surface area is 178 Å². The molecule has 1 aliphatic rings. The molecule has 0 spiro atoms. The normalized spacial score (nSPS) is 12.2. The largest absolute Gasteiger partial charge is 0.322 e. The van der Waals surface area contributed by atoms with E-state index >= 15 is 0 Å². The first-order chi connectivity index (χ1) is 14.5. The predicted octanol–water partition coefficient (Wildman–Crippen LogP) is 3.87. The first-order valence-corrected chi connectivity index (χ1v) is 10.5. The number of nitrogens with one attached hydrogen (secondary N) is 3. The zero-order valence-electron chi connectivity index (χ0n) is 16.5. The zero-order valence-corrected chi connectivity index (χ0v) is 17.3. The Bertz CT molecular complexity index is 1100. The van der Waals surface area contributed by atoms with Gasteiger partial charge in [-0.15, -0.1) is 11.3 Å². The molecule has 1 heterocycles. The summed E-state index contributed by atoms with van der Waals surface area (Å²) in [6, 6.07) is 15.7. The lowest BCUT2D eigenvalue weighted by Crippen LogP contribution is -2.41. The molecule has 4 rings (SSSR count). The fourth-order valence-corrected chi connectivity index (χ4v) is 4.52. The third-order valence-corrected chi connectivity index (χ3v) is 6.28. The molecule has 0 bridgehead atoms. The van der Waals surface area contributed by atoms with Crippen molar-refractivity contribution in [2.75, 3.05) is 5.32 Å². The quantitative estimate of drug-likeness (QED) is 0.561. The molecule has 3 amide bonds. The molecule has 0 unspecified atom stereocenters. The van der Waals surface area contributed by atoms with Crippen LogP contribution in [0.3, 0.4) is 0 Å². The van der Waals surface area contributed by atoms with Gasteiger partial charge in [0.25, 0.3) is 17.7 Å². The second-order valence-corrected chi connectivity index (χ2v) is 8.31. The highest BCUT2D eigenvalue weighted by atomic mass is 32.1. The van der Waals surface area contributed by atoms with Gasteiger partial charge in [-0.05, 0) is 67.6 Å². The fourth-order valence-electron chi connectivity index (χ4n) is 3.37. The molecular weight excluding hydrogens is 398 g/mol. The van der Waals surface area contributed by atoms with Crippen molar-refractivity contribution in [1.82, 2.24) is 10.9 Å². The van der Waals surface area contributed by atoms with Crippen LogP contribution >= 0.6 is 11.3 Å². The summed E-state index contributed by atoms with van der Waals surface area (Å²) in [7, 11) is 0. The highest BCUT2D eigenvalue weighted by molar-refractivity contribution is 7.14. The van der Waals surface area contributed by atoms with E-state index in [1.165, 1.54) is 21.8 Å². The number of rotatable bonds is 4. The number of amides is 3. The average molecular weight is 420 g/mol. The number of hydrogen-bond acceptors (Lipinski definition) is 4. The topological polar surface area (TPSA) is 87.3 Å². The Balaban J connectivity index is 1.40. The van der Waals surface area contributed by atoms with Gasteiger partial charge in [-0.2, -0.15) is 0 Å². The Hall–Kier alpha value is -3.45. The van der Waals surface area contributed by atoms with Crippen molar-refractivity contribution in [1.29, 1.82) is 0 Å². The lowest BCUT2D eigenvalue weighted by atomic mass is 10.1. The maximum absolute atomic E-state index is 12.5. The summed E-state index contributed by atoms with van der Waals surface area (Å²) in [5, 5.41) is 2.83. The fraction of sp³-hybridized carbons (Fsp3) is 0.174. The van der Waals surface area contributed by atoms with Gasteiger partial charge in [-0.3, -0.25) is 25.2 Å². The standard InChI is InChI=1S/C23H21N3O3S/c1-14-10-11-17(12-18(14)24-21(27)15-6-3-2-4-7-15)22(28)25-26-23(29)20-13-16-8-5-9-19(16)30-20/h2-4,6-7,10-13H,5,8-9H2,1H3,(H,24,27)(H,25,28)(H,26,29). The predicted molar refractivity (Wildman–Crippen MR) is 117 cm³/mol. The molecule has 1 aliphatic carbocycles.